The van der Waals surface area contributed by atoms with Crippen LogP contribution in [0.2, 0.25) is 0 Å². The van der Waals surface area contributed by atoms with Crippen molar-refractivity contribution < 1.29 is 24.2 Å². The van der Waals surface area contributed by atoms with Crippen molar-refractivity contribution in [3.63, 3.8) is 0 Å². The molecule has 0 fully saturated rings. The Kier molecular flexibility index (Phi) is 9.12. The molecule has 3 aromatic rings. The number of rotatable bonds is 7. The molecule has 0 spiro atoms. The van der Waals surface area contributed by atoms with E-state index in [1.807, 2.05) is 0 Å². The molecule has 0 N–H and O–H groups in total. The van der Waals surface area contributed by atoms with Crippen molar-refractivity contribution in [2.45, 2.75) is 59.8 Å². The van der Waals surface area contributed by atoms with Crippen molar-refractivity contribution in [3.05, 3.63) is 153 Å². The van der Waals surface area contributed by atoms with Gasteiger partial charge in [0, 0.05) is 0 Å². The van der Waals surface area contributed by atoms with E-state index in [-0.39, 0.29) is 5.41 Å². The van der Waals surface area contributed by atoms with Crippen LogP contribution in [-0.4, -0.2) is 3.21 Å². The summed E-state index contributed by atoms with van der Waals surface area (Å²) >= 11 is 1.46. The quantitative estimate of drug-likeness (QED) is 0.241. The average molecular weight is 599 g/mol. The first-order valence-corrected chi connectivity index (χ1v) is 16.0. The van der Waals surface area contributed by atoms with Gasteiger partial charge in [0.15, 0.2) is 0 Å². The molecule has 0 heterocycles. The third-order valence-electron chi connectivity index (χ3n) is 8.11. The molecule has 3 aliphatic rings. The summed E-state index contributed by atoms with van der Waals surface area (Å²) in [4.78, 5) is 0. The van der Waals surface area contributed by atoms with E-state index >= 15 is 0 Å². The Bertz CT molecular complexity index is 1600. The third-order valence-corrected chi connectivity index (χ3v) is 9.53. The fourth-order valence-corrected chi connectivity index (χ4v) is 7.15. The Morgan fingerprint density at radius 2 is 1.60 bits per heavy atom. The minimum absolute atomic E-state index is 0.112. The Hall–Kier alpha value is -2.89. The molecular weight excluding hydrogens is 560 g/mol. The fraction of sp³-hybridized carbons (Fsp3) is 0.256. The SMILES string of the molecule is CCCc1cc(C)cc2c1=C1C=CC(C)(CCC)C(C3=CC=CC3)=C1[C-]=2.[Zr]=[C](c1ccccc1)c1ccccc1. The van der Waals surface area contributed by atoms with E-state index < -0.39 is 0 Å². The van der Waals surface area contributed by atoms with Crippen LogP contribution in [0.1, 0.15) is 68.7 Å². The van der Waals surface area contributed by atoms with Gasteiger partial charge < -0.3 is 0 Å². The number of hydrogen-bond donors (Lipinski definition) is 0. The van der Waals surface area contributed by atoms with E-state index in [0.717, 1.165) is 12.8 Å². The second-order valence-electron chi connectivity index (χ2n) is 11.3. The van der Waals surface area contributed by atoms with Crippen molar-refractivity contribution in [1.82, 2.24) is 0 Å². The van der Waals surface area contributed by atoms with Crippen LogP contribution in [-0.2, 0) is 30.7 Å². The van der Waals surface area contributed by atoms with Gasteiger partial charge in [-0.2, -0.15) is 0 Å². The van der Waals surface area contributed by atoms with Gasteiger partial charge in [-0.05, 0) is 31.6 Å². The van der Waals surface area contributed by atoms with Crippen LogP contribution < -0.4 is 10.4 Å². The number of fused-ring (bicyclic) bond motifs is 2. The van der Waals surface area contributed by atoms with Crippen molar-refractivity contribution in [2.24, 2.45) is 5.41 Å². The Labute approximate surface area is 255 Å². The standard InChI is InChI=1S/C26H29.C13H10.Zr/c1-5-9-20-15-18(3)16-21-17-23-22(24(20)21)12-14-26(4,13-6-2)25(23)19-10-7-8-11-19;1-3-7-12(8-4-1)11-13-9-5-2-6-10-13;/h7-8,10,12,14-16H,5-6,9,11,13H2,1-4H3;1-10H;/q-1;;. The fourth-order valence-electron chi connectivity index (χ4n) is 6.34. The molecule has 0 aromatic heterocycles. The first-order valence-electron chi connectivity index (χ1n) is 14.7. The number of hydrogen-bond acceptors (Lipinski definition) is 0. The van der Waals surface area contributed by atoms with Gasteiger partial charge in [0.25, 0.3) is 0 Å². The zero-order valence-electron chi connectivity index (χ0n) is 24.4. The van der Waals surface area contributed by atoms with Crippen LogP contribution in [0.25, 0.3) is 11.6 Å². The van der Waals surface area contributed by atoms with E-state index in [0.29, 0.717) is 0 Å². The Morgan fingerprint density at radius 1 is 0.925 bits per heavy atom. The monoisotopic (exact) mass is 597 g/mol. The predicted molar refractivity (Wildman–Crippen MR) is 168 cm³/mol. The zero-order chi connectivity index (χ0) is 28.1. The topological polar surface area (TPSA) is 0 Å². The molecule has 1 unspecified atom stereocenters. The summed E-state index contributed by atoms with van der Waals surface area (Å²) in [6, 6.07) is 25.8. The van der Waals surface area contributed by atoms with Crippen molar-refractivity contribution in [2.75, 3.05) is 0 Å². The van der Waals surface area contributed by atoms with Gasteiger partial charge in [-0.15, -0.1) is 33.7 Å². The molecule has 0 radical (unpaired) electrons. The van der Waals surface area contributed by atoms with Crippen LogP contribution in [0, 0.1) is 12.3 Å². The summed E-state index contributed by atoms with van der Waals surface area (Å²) in [6.07, 6.45) is 21.3. The molecule has 0 saturated heterocycles. The van der Waals surface area contributed by atoms with Gasteiger partial charge in [0.05, 0.1) is 0 Å². The minimum atomic E-state index is 0.112. The predicted octanol–water partition coefficient (Wildman–Crippen LogP) is 8.13. The molecule has 1 atom stereocenters. The summed E-state index contributed by atoms with van der Waals surface area (Å²) in [5, 5.41) is 2.74. The molecule has 1 heteroatoms. The second-order valence-corrected chi connectivity index (χ2v) is 12.5. The number of benzene rings is 3. The van der Waals surface area contributed by atoms with E-state index in [2.05, 4.69) is 137 Å². The first kappa shape index (κ1) is 28.6. The summed E-state index contributed by atoms with van der Waals surface area (Å²) in [7, 11) is 0. The van der Waals surface area contributed by atoms with Crippen LogP contribution in [0.15, 0.2) is 120 Å². The Morgan fingerprint density at radius 3 is 2.17 bits per heavy atom. The van der Waals surface area contributed by atoms with Gasteiger partial charge in [-0.3, -0.25) is 0 Å². The van der Waals surface area contributed by atoms with Crippen LogP contribution in [0.4, 0.5) is 0 Å². The van der Waals surface area contributed by atoms with Crippen molar-refractivity contribution in [3.8, 4) is 0 Å². The van der Waals surface area contributed by atoms with E-state index in [9.17, 15) is 0 Å². The van der Waals surface area contributed by atoms with E-state index in [1.54, 1.807) is 0 Å². The maximum atomic E-state index is 3.84. The molecule has 0 amide bonds. The molecule has 0 bridgehead atoms. The second kappa shape index (κ2) is 12.7. The van der Waals surface area contributed by atoms with Gasteiger partial charge in [0.1, 0.15) is 0 Å². The summed E-state index contributed by atoms with van der Waals surface area (Å²) in [5.74, 6) is 0. The van der Waals surface area contributed by atoms with E-state index in [4.69, 9.17) is 0 Å². The van der Waals surface area contributed by atoms with Crippen LogP contribution in [0.3, 0.4) is 0 Å². The van der Waals surface area contributed by atoms with Gasteiger partial charge in [-0.25, -0.2) is 0 Å². The van der Waals surface area contributed by atoms with Crippen LogP contribution in [0.5, 0.6) is 0 Å². The third kappa shape index (κ3) is 5.92. The molecule has 200 valence electrons. The normalized spacial score (nSPS) is 18.5. The molecule has 0 nitrogen and oxygen atoms in total. The average Bonchev–Trinajstić information content (AvgIpc) is 3.62. The van der Waals surface area contributed by atoms with Gasteiger partial charge in [-0.1, -0.05) is 92.3 Å². The summed E-state index contributed by atoms with van der Waals surface area (Å²) < 4.78 is 1.42. The molecule has 40 heavy (non-hydrogen) atoms. The molecule has 3 aliphatic carbocycles. The molecular formula is C39H39Zr-. The molecule has 3 aromatic carbocycles. The van der Waals surface area contributed by atoms with Crippen molar-refractivity contribution >= 4 is 14.9 Å². The van der Waals surface area contributed by atoms with Crippen molar-refractivity contribution in [1.29, 1.82) is 0 Å². The maximum absolute atomic E-state index is 3.84. The Balaban J connectivity index is 0.000000194. The first-order chi connectivity index (χ1) is 19.4. The summed E-state index contributed by atoms with van der Waals surface area (Å²) in [6.45, 7) is 9.19. The molecule has 6 rings (SSSR count). The zero-order valence-corrected chi connectivity index (χ0v) is 26.8. The summed E-state index contributed by atoms with van der Waals surface area (Å²) in [5.41, 5.74) is 11.4. The van der Waals surface area contributed by atoms with E-state index in [1.165, 1.54) is 102 Å². The van der Waals surface area contributed by atoms with Gasteiger partial charge in [0.2, 0.25) is 0 Å². The number of aryl methyl sites for hydroxylation is 2. The van der Waals surface area contributed by atoms with Crippen LogP contribution >= 0.6 is 0 Å². The molecule has 0 saturated carbocycles. The molecule has 0 aliphatic heterocycles. The van der Waals surface area contributed by atoms with Gasteiger partial charge >= 0.3 is 99.2 Å². The number of allylic oxidation sites excluding steroid dienone is 8.